The molecule has 0 aliphatic heterocycles. The van der Waals surface area contributed by atoms with Crippen molar-refractivity contribution in [3.63, 3.8) is 0 Å². The maximum atomic E-state index is 9.39. The predicted octanol–water partition coefficient (Wildman–Crippen LogP) is 0.595. The molecule has 1 unspecified atom stereocenters. The number of aliphatic hydroxyl groups is 2. The normalized spacial score (nSPS) is 12.2. The van der Waals surface area contributed by atoms with Crippen molar-refractivity contribution in [1.82, 2.24) is 15.0 Å². The predicted molar refractivity (Wildman–Crippen MR) is 81.4 cm³/mol. The van der Waals surface area contributed by atoms with Gasteiger partial charge >= 0.3 is 0 Å². The fraction of sp³-hybridized carbons (Fsp3) is 0.750. The van der Waals surface area contributed by atoms with Crippen LogP contribution in [0.15, 0.2) is 5.16 Å². The van der Waals surface area contributed by atoms with E-state index in [0.717, 1.165) is 19.6 Å². The second-order valence-electron chi connectivity index (χ2n) is 4.09. The Morgan fingerprint density at radius 2 is 1.90 bits per heavy atom. The number of nitrogens with one attached hydrogen (secondary N) is 1. The molecule has 1 aromatic heterocycles. The number of hydrogen-bond acceptors (Lipinski definition) is 8. The number of thioether (sulfide) groups is 1. The molecule has 0 spiro atoms. The van der Waals surface area contributed by atoms with Gasteiger partial charge in [0.2, 0.25) is 11.9 Å². The average Bonchev–Trinajstić information content (AvgIpc) is 2.46. The average molecular weight is 301 g/mol. The first-order valence-electron chi connectivity index (χ1n) is 6.81. The highest BCUT2D eigenvalue weighted by Crippen LogP contribution is 2.19. The van der Waals surface area contributed by atoms with Crippen molar-refractivity contribution in [3.05, 3.63) is 0 Å². The molecular formula is C12H23N5O2S. The lowest BCUT2D eigenvalue weighted by Gasteiger charge is -2.19. The molecule has 20 heavy (non-hydrogen) atoms. The fourth-order valence-electron chi connectivity index (χ4n) is 1.52. The lowest BCUT2D eigenvalue weighted by Crippen LogP contribution is -2.25. The zero-order valence-corrected chi connectivity index (χ0v) is 13.0. The second kappa shape index (κ2) is 8.93. The summed E-state index contributed by atoms with van der Waals surface area (Å²) in [7, 11) is 0. The van der Waals surface area contributed by atoms with Gasteiger partial charge in [0.1, 0.15) is 0 Å². The summed E-state index contributed by atoms with van der Waals surface area (Å²) in [6.45, 7) is 8.16. The van der Waals surface area contributed by atoms with E-state index in [0.29, 0.717) is 22.8 Å². The number of aromatic nitrogens is 3. The molecule has 0 fully saturated rings. The van der Waals surface area contributed by atoms with E-state index in [2.05, 4.69) is 20.3 Å². The summed E-state index contributed by atoms with van der Waals surface area (Å²) in [5.41, 5.74) is 0. The van der Waals surface area contributed by atoms with Gasteiger partial charge in [-0.05, 0) is 20.8 Å². The Morgan fingerprint density at radius 1 is 1.20 bits per heavy atom. The summed E-state index contributed by atoms with van der Waals surface area (Å²) in [6, 6.07) is 0. The van der Waals surface area contributed by atoms with E-state index >= 15 is 0 Å². The lowest BCUT2D eigenvalue weighted by atomic mass is 10.4. The number of nitrogens with zero attached hydrogens (tertiary/aromatic N) is 4. The van der Waals surface area contributed by atoms with Crippen LogP contribution in [-0.4, -0.2) is 63.3 Å². The molecule has 7 nitrogen and oxygen atoms in total. The molecule has 0 bridgehead atoms. The van der Waals surface area contributed by atoms with E-state index in [9.17, 15) is 5.11 Å². The molecule has 1 heterocycles. The Labute approximate surface area is 123 Å². The van der Waals surface area contributed by atoms with E-state index in [1.54, 1.807) is 0 Å². The summed E-state index contributed by atoms with van der Waals surface area (Å²) >= 11 is 1.31. The molecule has 0 saturated heterocycles. The van der Waals surface area contributed by atoms with Crippen molar-refractivity contribution in [2.75, 3.05) is 42.2 Å². The van der Waals surface area contributed by atoms with Gasteiger partial charge in [-0.1, -0.05) is 11.8 Å². The monoisotopic (exact) mass is 301 g/mol. The van der Waals surface area contributed by atoms with Gasteiger partial charge in [0.15, 0.2) is 5.16 Å². The molecule has 114 valence electrons. The number of aliphatic hydroxyl groups excluding tert-OH is 2. The Kier molecular flexibility index (Phi) is 7.56. The van der Waals surface area contributed by atoms with Gasteiger partial charge in [-0.3, -0.25) is 0 Å². The van der Waals surface area contributed by atoms with Crippen LogP contribution < -0.4 is 10.2 Å². The zero-order valence-electron chi connectivity index (χ0n) is 12.2. The third-order valence-corrected chi connectivity index (χ3v) is 3.59. The minimum Gasteiger partial charge on any atom is -0.394 e. The van der Waals surface area contributed by atoms with E-state index in [1.165, 1.54) is 11.8 Å². The van der Waals surface area contributed by atoms with Gasteiger partial charge in [-0.25, -0.2) is 0 Å². The first kappa shape index (κ1) is 16.9. The van der Waals surface area contributed by atoms with E-state index in [4.69, 9.17) is 5.11 Å². The molecule has 0 saturated carbocycles. The molecule has 1 rings (SSSR count). The molecule has 0 aromatic carbocycles. The van der Waals surface area contributed by atoms with Gasteiger partial charge in [-0.15, -0.1) is 0 Å². The van der Waals surface area contributed by atoms with Crippen LogP contribution >= 0.6 is 11.8 Å². The largest absolute Gasteiger partial charge is 0.394 e. The highest BCUT2D eigenvalue weighted by molar-refractivity contribution is 7.99. The molecule has 0 aliphatic rings. The number of hydrogen-bond donors (Lipinski definition) is 3. The van der Waals surface area contributed by atoms with Crippen LogP contribution in [0, 0.1) is 0 Å². The SMILES string of the molecule is CCNc1nc(SCC(O)CO)nc(N(CC)CC)n1. The Bertz CT molecular complexity index is 403. The summed E-state index contributed by atoms with van der Waals surface area (Å²) < 4.78 is 0. The fourth-order valence-corrected chi connectivity index (χ4v) is 2.26. The summed E-state index contributed by atoms with van der Waals surface area (Å²) in [4.78, 5) is 15.1. The topological polar surface area (TPSA) is 94.4 Å². The van der Waals surface area contributed by atoms with Crippen LogP contribution in [0.2, 0.25) is 0 Å². The van der Waals surface area contributed by atoms with Crippen molar-refractivity contribution >= 4 is 23.7 Å². The van der Waals surface area contributed by atoms with Crippen molar-refractivity contribution in [3.8, 4) is 0 Å². The zero-order chi connectivity index (χ0) is 15.0. The van der Waals surface area contributed by atoms with E-state index in [1.807, 2.05) is 25.7 Å². The van der Waals surface area contributed by atoms with Crippen LogP contribution in [0.1, 0.15) is 20.8 Å². The van der Waals surface area contributed by atoms with Crippen molar-refractivity contribution in [2.45, 2.75) is 32.0 Å². The number of rotatable bonds is 9. The van der Waals surface area contributed by atoms with Gasteiger partial charge in [0, 0.05) is 25.4 Å². The molecule has 1 atom stereocenters. The van der Waals surface area contributed by atoms with Gasteiger partial charge < -0.3 is 20.4 Å². The molecule has 0 radical (unpaired) electrons. The standard InChI is InChI=1S/C12H23N5O2S/c1-4-13-10-14-11(17(5-2)6-3)16-12(15-10)20-8-9(19)7-18/h9,18-19H,4-8H2,1-3H3,(H,13,14,15,16). The van der Waals surface area contributed by atoms with Crippen LogP contribution in [-0.2, 0) is 0 Å². The Balaban J connectivity index is 2.91. The number of anilines is 2. The maximum absolute atomic E-state index is 9.39. The highest BCUT2D eigenvalue weighted by Gasteiger charge is 2.12. The molecule has 1 aromatic rings. The van der Waals surface area contributed by atoms with Crippen molar-refractivity contribution in [1.29, 1.82) is 0 Å². The summed E-state index contributed by atoms with van der Waals surface area (Å²) in [5, 5.41) is 21.9. The summed E-state index contributed by atoms with van der Waals surface area (Å²) in [5.74, 6) is 1.51. The Morgan fingerprint density at radius 3 is 2.45 bits per heavy atom. The maximum Gasteiger partial charge on any atom is 0.231 e. The first-order valence-corrected chi connectivity index (χ1v) is 7.79. The lowest BCUT2D eigenvalue weighted by molar-refractivity contribution is 0.113. The highest BCUT2D eigenvalue weighted by atomic mass is 32.2. The van der Waals surface area contributed by atoms with E-state index < -0.39 is 6.10 Å². The third-order valence-electron chi connectivity index (χ3n) is 2.60. The van der Waals surface area contributed by atoms with Gasteiger partial charge in [0.05, 0.1) is 12.7 Å². The van der Waals surface area contributed by atoms with Gasteiger partial charge in [-0.2, -0.15) is 15.0 Å². The quantitative estimate of drug-likeness (QED) is 0.571. The summed E-state index contributed by atoms with van der Waals surface area (Å²) in [6.07, 6.45) is -0.767. The molecule has 0 amide bonds. The Hall–Kier alpha value is -1.12. The van der Waals surface area contributed by atoms with Crippen LogP contribution in [0.3, 0.4) is 0 Å². The van der Waals surface area contributed by atoms with Crippen LogP contribution in [0.5, 0.6) is 0 Å². The second-order valence-corrected chi connectivity index (χ2v) is 5.08. The molecular weight excluding hydrogens is 278 g/mol. The first-order chi connectivity index (χ1) is 9.64. The van der Waals surface area contributed by atoms with Crippen molar-refractivity contribution in [2.24, 2.45) is 0 Å². The van der Waals surface area contributed by atoms with Crippen molar-refractivity contribution < 1.29 is 10.2 Å². The smallest absolute Gasteiger partial charge is 0.231 e. The molecule has 0 aliphatic carbocycles. The molecule has 3 N–H and O–H groups in total. The minimum absolute atomic E-state index is 0.263. The molecule has 8 heteroatoms. The van der Waals surface area contributed by atoms with Crippen LogP contribution in [0.25, 0.3) is 0 Å². The van der Waals surface area contributed by atoms with Crippen LogP contribution in [0.4, 0.5) is 11.9 Å². The van der Waals surface area contributed by atoms with E-state index in [-0.39, 0.29) is 6.61 Å². The van der Waals surface area contributed by atoms with Gasteiger partial charge in [0.25, 0.3) is 0 Å². The minimum atomic E-state index is -0.767. The third kappa shape index (κ3) is 5.10.